The molecule has 1 aromatic carbocycles. The van der Waals surface area contributed by atoms with E-state index in [-0.39, 0.29) is 10.8 Å². The summed E-state index contributed by atoms with van der Waals surface area (Å²) in [7, 11) is -0.698. The van der Waals surface area contributed by atoms with Crippen molar-refractivity contribution in [3.8, 4) is 11.5 Å². The van der Waals surface area contributed by atoms with Gasteiger partial charge in [0.15, 0.2) is 0 Å². The monoisotopic (exact) mass is 393 g/mol. The molecule has 2 heterocycles. The fourth-order valence-corrected chi connectivity index (χ4v) is 5.27. The van der Waals surface area contributed by atoms with Gasteiger partial charge in [-0.2, -0.15) is 4.31 Å². The van der Waals surface area contributed by atoms with Gasteiger partial charge in [-0.1, -0.05) is 6.92 Å². The molecule has 0 amide bonds. The lowest BCUT2D eigenvalue weighted by atomic mass is 10.1. The van der Waals surface area contributed by atoms with Crippen molar-refractivity contribution in [1.29, 1.82) is 0 Å². The van der Waals surface area contributed by atoms with Crippen LogP contribution in [0.3, 0.4) is 0 Å². The second-order valence-electron chi connectivity index (χ2n) is 6.77. The topological polar surface area (TPSA) is 73.7 Å². The van der Waals surface area contributed by atoms with Gasteiger partial charge in [-0.25, -0.2) is 13.4 Å². The second kappa shape index (κ2) is 7.90. The summed E-state index contributed by atoms with van der Waals surface area (Å²) >= 11 is 0. The normalized spacial score (nSPS) is 18.0. The minimum absolute atomic E-state index is 0.0941. The van der Waals surface area contributed by atoms with Gasteiger partial charge in [0, 0.05) is 43.5 Å². The predicted octanol–water partition coefficient (Wildman–Crippen LogP) is 2.80. The highest BCUT2D eigenvalue weighted by atomic mass is 32.2. The Balaban J connectivity index is 1.89. The second-order valence-corrected chi connectivity index (χ2v) is 8.68. The molecule has 1 unspecified atom stereocenters. The molecule has 0 spiro atoms. The van der Waals surface area contributed by atoms with E-state index in [2.05, 4.69) is 16.5 Å². The zero-order valence-corrected chi connectivity index (χ0v) is 17.1. The molecule has 1 saturated heterocycles. The maximum absolute atomic E-state index is 13.2. The van der Waals surface area contributed by atoms with E-state index in [0.29, 0.717) is 24.6 Å². The van der Waals surface area contributed by atoms with Gasteiger partial charge in [-0.15, -0.1) is 0 Å². The summed E-state index contributed by atoms with van der Waals surface area (Å²) in [6, 6.07) is 4.83. The van der Waals surface area contributed by atoms with Crippen LogP contribution in [0.15, 0.2) is 29.3 Å². The Morgan fingerprint density at radius 2 is 2.04 bits per heavy atom. The summed E-state index contributed by atoms with van der Waals surface area (Å²) in [6.07, 6.45) is 3.64. The van der Waals surface area contributed by atoms with Crippen molar-refractivity contribution in [2.75, 3.05) is 27.3 Å². The van der Waals surface area contributed by atoms with Crippen LogP contribution in [0.25, 0.3) is 0 Å². The molecular weight excluding hydrogens is 366 g/mol. The molecule has 0 bridgehead atoms. The third-order valence-corrected chi connectivity index (χ3v) is 6.92. The third-order valence-electron chi connectivity index (χ3n) is 5.04. The molecule has 0 N–H and O–H groups in total. The van der Waals surface area contributed by atoms with Gasteiger partial charge in [0.1, 0.15) is 22.2 Å². The Hall–Kier alpha value is -2.06. The molecule has 1 aromatic heterocycles. The van der Waals surface area contributed by atoms with E-state index in [9.17, 15) is 8.42 Å². The highest BCUT2D eigenvalue weighted by Gasteiger charge is 2.36. The van der Waals surface area contributed by atoms with Gasteiger partial charge in [0.05, 0.1) is 14.2 Å². The standard InChI is InChI=1S/C19H27N3O4S/c1-5-9-22-14(2)12-20-19(22)15-8-10-21(13-15)27(23,24)18-11-16(25-3)6-7-17(18)26-4/h6-7,11-12,15H,5,8-10,13H2,1-4H3. The van der Waals surface area contributed by atoms with Crippen molar-refractivity contribution >= 4 is 10.0 Å². The molecule has 1 fully saturated rings. The molecule has 27 heavy (non-hydrogen) atoms. The van der Waals surface area contributed by atoms with Crippen molar-refractivity contribution in [2.24, 2.45) is 0 Å². The van der Waals surface area contributed by atoms with Gasteiger partial charge >= 0.3 is 0 Å². The summed E-state index contributed by atoms with van der Waals surface area (Å²) in [5.41, 5.74) is 1.11. The summed E-state index contributed by atoms with van der Waals surface area (Å²) in [5.74, 6) is 1.88. The molecule has 0 saturated carbocycles. The highest BCUT2D eigenvalue weighted by molar-refractivity contribution is 7.89. The molecule has 3 rings (SSSR count). The average molecular weight is 394 g/mol. The Morgan fingerprint density at radius 3 is 2.70 bits per heavy atom. The van der Waals surface area contributed by atoms with Gasteiger partial charge in [-0.05, 0) is 31.9 Å². The highest BCUT2D eigenvalue weighted by Crippen LogP contribution is 2.35. The Bertz CT molecular complexity index is 908. The first-order chi connectivity index (χ1) is 12.9. The fourth-order valence-electron chi connectivity index (χ4n) is 3.60. The van der Waals surface area contributed by atoms with E-state index < -0.39 is 10.0 Å². The van der Waals surface area contributed by atoms with Crippen molar-refractivity contribution in [2.45, 2.75) is 44.0 Å². The molecule has 1 atom stereocenters. The third kappa shape index (κ3) is 3.68. The first-order valence-corrected chi connectivity index (χ1v) is 10.6. The number of aryl methyl sites for hydroxylation is 1. The van der Waals surface area contributed by atoms with Crippen LogP contribution in [0.1, 0.15) is 37.2 Å². The van der Waals surface area contributed by atoms with Crippen molar-refractivity contribution in [3.05, 3.63) is 35.9 Å². The van der Waals surface area contributed by atoms with E-state index >= 15 is 0 Å². The molecule has 2 aromatic rings. The van der Waals surface area contributed by atoms with Crippen LogP contribution in [0.5, 0.6) is 11.5 Å². The summed E-state index contributed by atoms with van der Waals surface area (Å²) in [5, 5.41) is 0. The number of imidazole rings is 1. The van der Waals surface area contributed by atoms with Crippen molar-refractivity contribution < 1.29 is 17.9 Å². The van der Waals surface area contributed by atoms with Crippen LogP contribution in [-0.4, -0.2) is 49.6 Å². The van der Waals surface area contributed by atoms with Crippen molar-refractivity contribution in [1.82, 2.24) is 13.9 Å². The van der Waals surface area contributed by atoms with E-state index in [1.54, 1.807) is 12.1 Å². The molecule has 1 aliphatic heterocycles. The number of hydrogen-bond acceptors (Lipinski definition) is 5. The van der Waals surface area contributed by atoms with Gasteiger partial charge in [0.25, 0.3) is 0 Å². The van der Waals surface area contributed by atoms with Crippen LogP contribution in [0.4, 0.5) is 0 Å². The number of sulfonamides is 1. The molecule has 7 nitrogen and oxygen atoms in total. The molecule has 8 heteroatoms. The van der Waals surface area contributed by atoms with Crippen LogP contribution in [0.2, 0.25) is 0 Å². The van der Waals surface area contributed by atoms with E-state index in [1.165, 1.54) is 24.6 Å². The maximum Gasteiger partial charge on any atom is 0.246 e. The van der Waals surface area contributed by atoms with Crippen LogP contribution < -0.4 is 9.47 Å². The van der Waals surface area contributed by atoms with Gasteiger partial charge in [0.2, 0.25) is 10.0 Å². The molecule has 148 valence electrons. The number of benzene rings is 1. The summed E-state index contributed by atoms with van der Waals surface area (Å²) < 4.78 is 40.7. The van der Waals surface area contributed by atoms with Gasteiger partial charge in [-0.3, -0.25) is 0 Å². The SMILES string of the molecule is CCCn1c(C)cnc1C1CCN(S(=O)(=O)c2cc(OC)ccc2OC)C1. The van der Waals surface area contributed by atoms with Crippen LogP contribution in [-0.2, 0) is 16.6 Å². The number of nitrogens with zero attached hydrogens (tertiary/aromatic N) is 3. The fraction of sp³-hybridized carbons (Fsp3) is 0.526. The van der Waals surface area contributed by atoms with E-state index in [1.807, 2.05) is 13.1 Å². The first-order valence-electron chi connectivity index (χ1n) is 9.16. The summed E-state index contributed by atoms with van der Waals surface area (Å²) in [4.78, 5) is 4.70. The minimum atomic E-state index is -3.68. The van der Waals surface area contributed by atoms with Crippen LogP contribution in [0, 0.1) is 6.92 Å². The quantitative estimate of drug-likeness (QED) is 0.723. The van der Waals surface area contributed by atoms with Gasteiger partial charge < -0.3 is 14.0 Å². The predicted molar refractivity (Wildman–Crippen MR) is 103 cm³/mol. The lowest BCUT2D eigenvalue weighted by molar-refractivity contribution is 0.388. The largest absolute Gasteiger partial charge is 0.497 e. The van der Waals surface area contributed by atoms with Crippen LogP contribution >= 0.6 is 0 Å². The molecular formula is C19H27N3O4S. The number of rotatable bonds is 7. The van der Waals surface area contributed by atoms with E-state index in [4.69, 9.17) is 9.47 Å². The number of methoxy groups -OCH3 is 2. The lowest BCUT2D eigenvalue weighted by Gasteiger charge is -2.19. The summed E-state index contributed by atoms with van der Waals surface area (Å²) in [6.45, 7) is 5.95. The smallest absolute Gasteiger partial charge is 0.246 e. The lowest BCUT2D eigenvalue weighted by Crippen LogP contribution is -2.29. The number of hydrogen-bond donors (Lipinski definition) is 0. The zero-order chi connectivity index (χ0) is 19.6. The maximum atomic E-state index is 13.2. The zero-order valence-electron chi connectivity index (χ0n) is 16.3. The molecule has 1 aliphatic rings. The van der Waals surface area contributed by atoms with E-state index in [0.717, 1.165) is 30.9 Å². The average Bonchev–Trinajstić information content (AvgIpc) is 3.29. The minimum Gasteiger partial charge on any atom is -0.497 e. The molecule has 0 radical (unpaired) electrons. The Morgan fingerprint density at radius 1 is 1.26 bits per heavy atom. The van der Waals surface area contributed by atoms with Crippen molar-refractivity contribution in [3.63, 3.8) is 0 Å². The Kier molecular flexibility index (Phi) is 5.76. The number of ether oxygens (including phenoxy) is 2. The molecule has 0 aliphatic carbocycles. The Labute approximate surface area is 161 Å². The first kappa shape index (κ1) is 19.7. The number of aromatic nitrogens is 2.